The van der Waals surface area contributed by atoms with Gasteiger partial charge in [0, 0.05) is 45.6 Å². The van der Waals surface area contributed by atoms with Gasteiger partial charge in [-0.15, -0.1) is 0 Å². The van der Waals surface area contributed by atoms with Crippen molar-refractivity contribution in [2.45, 2.75) is 12.6 Å². The lowest BCUT2D eigenvalue weighted by atomic mass is 10.2. The molecule has 116 valence electrons. The van der Waals surface area contributed by atoms with Gasteiger partial charge in [0.1, 0.15) is 5.82 Å². The first kappa shape index (κ1) is 14.3. The lowest BCUT2D eigenvalue weighted by Gasteiger charge is -2.34. The van der Waals surface area contributed by atoms with E-state index in [0.29, 0.717) is 32.7 Å². The van der Waals surface area contributed by atoms with Crippen LogP contribution in [0.15, 0.2) is 12.4 Å². The number of carbonyl (C=O) groups excluding carboxylic acids is 1. The van der Waals surface area contributed by atoms with Gasteiger partial charge in [-0.1, -0.05) is 0 Å². The average molecular weight is 313 g/mol. The molecule has 0 aliphatic carbocycles. The minimum atomic E-state index is -3.20. The SMILES string of the molecule is Cn1ccnc1CN1C[C@H]2CN(S(C)(=O)=O)CCN2C1=O. The first-order valence-corrected chi connectivity index (χ1v) is 8.68. The summed E-state index contributed by atoms with van der Waals surface area (Å²) < 4.78 is 26.6. The molecule has 2 saturated heterocycles. The zero-order chi connectivity index (χ0) is 15.2. The normalized spacial score (nSPS) is 23.7. The molecule has 8 nitrogen and oxygen atoms in total. The van der Waals surface area contributed by atoms with Crippen LogP contribution < -0.4 is 0 Å². The lowest BCUT2D eigenvalue weighted by molar-refractivity contribution is 0.159. The monoisotopic (exact) mass is 313 g/mol. The van der Waals surface area contributed by atoms with Gasteiger partial charge in [-0.2, -0.15) is 4.31 Å². The number of sulfonamides is 1. The van der Waals surface area contributed by atoms with Crippen LogP contribution in [0, 0.1) is 0 Å². The molecule has 1 aromatic heterocycles. The van der Waals surface area contributed by atoms with E-state index in [2.05, 4.69) is 4.98 Å². The molecule has 0 spiro atoms. The molecule has 0 unspecified atom stereocenters. The van der Waals surface area contributed by atoms with E-state index in [9.17, 15) is 13.2 Å². The first-order valence-electron chi connectivity index (χ1n) is 6.83. The molecule has 1 aromatic rings. The van der Waals surface area contributed by atoms with Gasteiger partial charge in [0.05, 0.1) is 18.8 Å². The van der Waals surface area contributed by atoms with Crippen LogP contribution in [-0.4, -0.2) is 76.6 Å². The number of fused-ring (bicyclic) bond motifs is 1. The van der Waals surface area contributed by atoms with Crippen molar-refractivity contribution in [3.63, 3.8) is 0 Å². The highest BCUT2D eigenvalue weighted by atomic mass is 32.2. The zero-order valence-electron chi connectivity index (χ0n) is 12.1. The van der Waals surface area contributed by atoms with E-state index in [1.54, 1.807) is 16.0 Å². The molecule has 0 saturated carbocycles. The van der Waals surface area contributed by atoms with E-state index >= 15 is 0 Å². The van der Waals surface area contributed by atoms with Crippen molar-refractivity contribution in [2.75, 3.05) is 32.4 Å². The molecule has 3 rings (SSSR count). The predicted octanol–water partition coefficient (Wildman–Crippen LogP) is -0.698. The van der Waals surface area contributed by atoms with Gasteiger partial charge in [-0.25, -0.2) is 18.2 Å². The summed E-state index contributed by atoms with van der Waals surface area (Å²) >= 11 is 0. The maximum Gasteiger partial charge on any atom is 0.320 e. The van der Waals surface area contributed by atoms with E-state index < -0.39 is 10.0 Å². The van der Waals surface area contributed by atoms with Crippen LogP contribution in [-0.2, 0) is 23.6 Å². The number of piperazine rings is 1. The van der Waals surface area contributed by atoms with Crippen LogP contribution in [0.1, 0.15) is 5.82 Å². The van der Waals surface area contributed by atoms with Gasteiger partial charge in [-0.3, -0.25) is 0 Å². The van der Waals surface area contributed by atoms with Gasteiger partial charge in [-0.05, 0) is 0 Å². The zero-order valence-corrected chi connectivity index (χ0v) is 13.0. The number of imidazole rings is 1. The summed E-state index contributed by atoms with van der Waals surface area (Å²) in [6.45, 7) is 2.19. The summed E-state index contributed by atoms with van der Waals surface area (Å²) in [5.74, 6) is 0.822. The summed E-state index contributed by atoms with van der Waals surface area (Å²) in [5.41, 5.74) is 0. The average Bonchev–Trinajstić information content (AvgIpc) is 2.94. The molecule has 21 heavy (non-hydrogen) atoms. The molecule has 9 heteroatoms. The Kier molecular flexibility index (Phi) is 3.40. The summed E-state index contributed by atoms with van der Waals surface area (Å²) in [4.78, 5) is 20.1. The Hall–Kier alpha value is -1.61. The van der Waals surface area contributed by atoms with Crippen LogP contribution >= 0.6 is 0 Å². The highest BCUT2D eigenvalue weighted by Crippen LogP contribution is 2.23. The third kappa shape index (κ3) is 2.62. The fourth-order valence-corrected chi connectivity index (χ4v) is 3.76. The van der Waals surface area contributed by atoms with Gasteiger partial charge >= 0.3 is 6.03 Å². The summed E-state index contributed by atoms with van der Waals surface area (Å²) in [5, 5.41) is 0. The van der Waals surface area contributed by atoms with E-state index in [-0.39, 0.29) is 12.1 Å². The third-order valence-corrected chi connectivity index (χ3v) is 5.38. The molecule has 1 atom stereocenters. The lowest BCUT2D eigenvalue weighted by Crippen LogP contribution is -2.53. The quantitative estimate of drug-likeness (QED) is 0.739. The van der Waals surface area contributed by atoms with Crippen LogP contribution in [0.2, 0.25) is 0 Å². The Morgan fingerprint density at radius 1 is 1.33 bits per heavy atom. The fraction of sp³-hybridized carbons (Fsp3) is 0.667. The molecule has 2 aliphatic rings. The topological polar surface area (TPSA) is 78.8 Å². The number of amides is 2. The third-order valence-electron chi connectivity index (χ3n) is 4.12. The van der Waals surface area contributed by atoms with Crippen LogP contribution in [0.4, 0.5) is 4.79 Å². The van der Waals surface area contributed by atoms with Crippen molar-refractivity contribution in [3.05, 3.63) is 18.2 Å². The highest BCUT2D eigenvalue weighted by molar-refractivity contribution is 7.88. The molecule has 2 amide bonds. The van der Waals surface area contributed by atoms with Crippen molar-refractivity contribution in [3.8, 4) is 0 Å². The summed E-state index contributed by atoms with van der Waals surface area (Å²) in [6.07, 6.45) is 4.76. The van der Waals surface area contributed by atoms with E-state index in [4.69, 9.17) is 0 Å². The Bertz CT molecular complexity index is 656. The molecule has 3 heterocycles. The molecular weight excluding hydrogens is 294 g/mol. The van der Waals surface area contributed by atoms with Crippen molar-refractivity contribution in [1.29, 1.82) is 0 Å². The maximum atomic E-state index is 12.4. The van der Waals surface area contributed by atoms with Crippen molar-refractivity contribution >= 4 is 16.1 Å². The van der Waals surface area contributed by atoms with Crippen molar-refractivity contribution in [2.24, 2.45) is 7.05 Å². The number of carbonyl (C=O) groups is 1. The van der Waals surface area contributed by atoms with Crippen molar-refractivity contribution in [1.82, 2.24) is 23.7 Å². The molecule has 2 aliphatic heterocycles. The minimum Gasteiger partial charge on any atom is -0.337 e. The number of aryl methyl sites for hydroxylation is 1. The van der Waals surface area contributed by atoms with Gasteiger partial charge in [0.25, 0.3) is 0 Å². The number of aromatic nitrogens is 2. The minimum absolute atomic E-state index is 0.0313. The first-order chi connectivity index (χ1) is 9.86. The summed E-state index contributed by atoms with van der Waals surface area (Å²) in [6, 6.07) is -0.0996. The number of urea groups is 1. The Morgan fingerprint density at radius 3 is 2.71 bits per heavy atom. The second-order valence-corrected chi connectivity index (χ2v) is 7.57. The van der Waals surface area contributed by atoms with Crippen LogP contribution in [0.5, 0.6) is 0 Å². The van der Waals surface area contributed by atoms with Crippen LogP contribution in [0.3, 0.4) is 0 Å². The second-order valence-electron chi connectivity index (χ2n) is 5.59. The molecule has 0 radical (unpaired) electrons. The Morgan fingerprint density at radius 2 is 2.10 bits per heavy atom. The molecule has 0 aromatic carbocycles. The fourth-order valence-electron chi connectivity index (χ4n) is 2.90. The number of rotatable bonds is 3. The molecule has 2 fully saturated rings. The Labute approximate surface area is 124 Å². The van der Waals surface area contributed by atoms with Gasteiger partial charge in [0.2, 0.25) is 10.0 Å². The van der Waals surface area contributed by atoms with Crippen LogP contribution in [0.25, 0.3) is 0 Å². The molecule has 0 N–H and O–H groups in total. The van der Waals surface area contributed by atoms with Gasteiger partial charge < -0.3 is 14.4 Å². The summed E-state index contributed by atoms with van der Waals surface area (Å²) in [7, 11) is -1.31. The number of hydrogen-bond acceptors (Lipinski definition) is 4. The standard InChI is InChI=1S/C12H19N5O3S/c1-14-4-3-13-11(14)9-15-7-10-8-16(21(2,19)20)5-6-17(10)12(15)18/h3-4,10H,5-9H2,1-2H3/t10-/m0/s1. The molecular formula is C12H19N5O3S. The van der Waals surface area contributed by atoms with E-state index in [1.165, 1.54) is 10.6 Å². The smallest absolute Gasteiger partial charge is 0.320 e. The van der Waals surface area contributed by atoms with Gasteiger partial charge in [0.15, 0.2) is 0 Å². The van der Waals surface area contributed by atoms with Crippen molar-refractivity contribution < 1.29 is 13.2 Å². The number of nitrogens with zero attached hydrogens (tertiary/aromatic N) is 5. The Balaban J connectivity index is 1.72. The largest absolute Gasteiger partial charge is 0.337 e. The highest BCUT2D eigenvalue weighted by Gasteiger charge is 2.42. The maximum absolute atomic E-state index is 12.4. The van der Waals surface area contributed by atoms with E-state index in [1.807, 2.05) is 17.8 Å². The van der Waals surface area contributed by atoms with E-state index in [0.717, 1.165) is 5.82 Å². The second kappa shape index (κ2) is 4.99. The number of hydrogen-bond donors (Lipinski definition) is 0. The predicted molar refractivity (Wildman–Crippen MR) is 75.9 cm³/mol. The molecule has 0 bridgehead atoms.